The van der Waals surface area contributed by atoms with Gasteiger partial charge in [0.15, 0.2) is 0 Å². The van der Waals surface area contributed by atoms with E-state index in [9.17, 15) is 0 Å². The second-order valence-corrected chi connectivity index (χ2v) is 2.11. The zero-order valence-corrected chi connectivity index (χ0v) is 4.69. The quantitative estimate of drug-likeness (QED) is 0.341. The monoisotopic (exact) mass is 158 g/mol. The van der Waals surface area contributed by atoms with Gasteiger partial charge in [-0.15, -0.1) is 0 Å². The van der Waals surface area contributed by atoms with Gasteiger partial charge in [0, 0.05) is 6.26 Å². The molecule has 0 bridgehead atoms. The minimum Gasteiger partial charge on any atom is -0.748 e. The van der Waals surface area contributed by atoms with Crippen molar-refractivity contribution in [3.8, 4) is 0 Å². The molecule has 0 aromatic rings. The normalized spacial score (nSPS) is 9.67. The van der Waals surface area contributed by atoms with Crippen LogP contribution in [0.5, 0.6) is 0 Å². The summed E-state index contributed by atoms with van der Waals surface area (Å²) in [4.78, 5) is 0. The fourth-order valence-corrected chi connectivity index (χ4v) is 0. The predicted octanol–water partition coefficient (Wildman–Crippen LogP) is -0.841. The van der Waals surface area contributed by atoms with Gasteiger partial charge in [-0.2, -0.15) is 0 Å². The molecule has 3 nitrogen and oxygen atoms in total. The van der Waals surface area contributed by atoms with Crippen LogP contribution in [0.15, 0.2) is 0 Å². The van der Waals surface area contributed by atoms with Crippen molar-refractivity contribution in [2.75, 3.05) is 6.26 Å². The first-order chi connectivity index (χ1) is 2.00. The molecule has 0 spiro atoms. The molecule has 0 heterocycles. The molecule has 0 aliphatic rings. The molecule has 0 aromatic heterocycles. The zero-order chi connectivity index (χ0) is 4.50. The second-order valence-electron chi connectivity index (χ2n) is 0.704. The maximum Gasteiger partial charge on any atom is 2.00 e. The molecule has 5 heteroatoms. The van der Waals surface area contributed by atoms with Gasteiger partial charge in [0.05, 0.1) is 10.1 Å². The first-order valence-electron chi connectivity index (χ1n) is 0.908. The second kappa shape index (κ2) is 2.58. The molecule has 0 unspecified atom stereocenters. The van der Waals surface area contributed by atoms with Crippen molar-refractivity contribution in [1.82, 2.24) is 0 Å². The molecule has 0 aliphatic carbocycles. The summed E-state index contributed by atoms with van der Waals surface area (Å²) in [5, 5.41) is 0. The van der Waals surface area contributed by atoms with Crippen molar-refractivity contribution in [3.05, 3.63) is 0 Å². The molecule has 0 saturated heterocycles. The largest absolute Gasteiger partial charge is 2.00 e. The molecule has 0 aromatic carbocycles. The van der Waals surface area contributed by atoms with Gasteiger partial charge >= 0.3 is 17.1 Å². The average molecular weight is 159 g/mol. The predicted molar refractivity (Wildman–Crippen MR) is 15.6 cm³/mol. The smallest absolute Gasteiger partial charge is 0.748 e. The van der Waals surface area contributed by atoms with Gasteiger partial charge in [0.1, 0.15) is 0 Å². The van der Waals surface area contributed by atoms with Crippen LogP contribution in [-0.4, -0.2) is 19.2 Å². The summed E-state index contributed by atoms with van der Waals surface area (Å²) in [5.74, 6) is 0. The van der Waals surface area contributed by atoms with Gasteiger partial charge in [-0.05, 0) is 0 Å². The van der Waals surface area contributed by atoms with Gasteiger partial charge in [0.2, 0.25) is 0 Å². The van der Waals surface area contributed by atoms with Gasteiger partial charge in [-0.1, -0.05) is 0 Å². The van der Waals surface area contributed by atoms with Crippen LogP contribution in [0.3, 0.4) is 0 Å². The molecule has 1 radical (unpaired) electrons. The summed E-state index contributed by atoms with van der Waals surface area (Å²) in [6.07, 6.45) is 0.604. The van der Waals surface area contributed by atoms with Crippen molar-refractivity contribution in [2.45, 2.75) is 0 Å². The maximum absolute atomic E-state index is 9.08. The molecule has 0 aliphatic heterocycles. The third kappa shape index (κ3) is 282. The molecule has 41 valence electrons. The summed E-state index contributed by atoms with van der Waals surface area (Å²) in [6, 6.07) is 0. The van der Waals surface area contributed by atoms with E-state index in [1.54, 1.807) is 0 Å². The van der Waals surface area contributed by atoms with Crippen molar-refractivity contribution >= 4 is 10.1 Å². The van der Waals surface area contributed by atoms with Crippen molar-refractivity contribution in [3.63, 3.8) is 0 Å². The summed E-state index contributed by atoms with van der Waals surface area (Å²) >= 11 is 0. The van der Waals surface area contributed by atoms with E-state index in [2.05, 4.69) is 0 Å². The minimum absolute atomic E-state index is 0. The van der Waals surface area contributed by atoms with Crippen LogP contribution < -0.4 is 0 Å². The Morgan fingerprint density at radius 3 is 1.50 bits per heavy atom. The van der Waals surface area contributed by atoms with Gasteiger partial charge in [-0.25, -0.2) is 8.42 Å². The van der Waals surface area contributed by atoms with Crippen molar-refractivity contribution in [1.29, 1.82) is 0 Å². The molecule has 0 fully saturated rings. The van der Waals surface area contributed by atoms with Crippen LogP contribution in [0.4, 0.5) is 0 Å². The Bertz CT molecular complexity index is 94.0. The first kappa shape index (κ1) is 9.66. The Morgan fingerprint density at radius 2 is 1.50 bits per heavy atom. The van der Waals surface area contributed by atoms with Crippen LogP contribution in [0.1, 0.15) is 0 Å². The summed E-state index contributed by atoms with van der Waals surface area (Å²) < 4.78 is 27.2. The summed E-state index contributed by atoms with van der Waals surface area (Å²) in [6.45, 7) is 0. The van der Waals surface area contributed by atoms with Crippen LogP contribution in [0.2, 0.25) is 0 Å². The molecular formula is CH3CuO3S+. The molecule has 0 saturated carbocycles. The Kier molecular flexibility index (Phi) is 4.15. The van der Waals surface area contributed by atoms with Gasteiger partial charge < -0.3 is 4.55 Å². The van der Waals surface area contributed by atoms with Crippen LogP contribution in [0, 0.1) is 0 Å². The molecule has 0 N–H and O–H groups in total. The topological polar surface area (TPSA) is 57.2 Å². The van der Waals surface area contributed by atoms with Crippen LogP contribution in [-0.2, 0) is 27.2 Å². The Hall–Kier alpha value is 0.429. The van der Waals surface area contributed by atoms with E-state index in [4.69, 9.17) is 13.0 Å². The molecule has 0 rings (SSSR count). The first-order valence-corrected chi connectivity index (χ1v) is 2.72. The molecule has 0 amide bonds. The van der Waals surface area contributed by atoms with Gasteiger partial charge in [0.25, 0.3) is 0 Å². The third-order valence-corrected chi connectivity index (χ3v) is 0. The fraction of sp³-hybridized carbons (Fsp3) is 1.00. The van der Waals surface area contributed by atoms with Crippen LogP contribution >= 0.6 is 0 Å². The number of rotatable bonds is 0. The average Bonchev–Trinajstić information content (AvgIpc) is 0.722. The van der Waals surface area contributed by atoms with E-state index in [-0.39, 0.29) is 17.1 Å². The van der Waals surface area contributed by atoms with Crippen LogP contribution in [0.25, 0.3) is 0 Å². The fourth-order valence-electron chi connectivity index (χ4n) is 0. The third-order valence-electron chi connectivity index (χ3n) is 0. The summed E-state index contributed by atoms with van der Waals surface area (Å²) in [7, 11) is -3.92. The Labute approximate surface area is 47.0 Å². The number of hydrogen-bond acceptors (Lipinski definition) is 3. The SMILES string of the molecule is CS(=O)(=O)[O-].[Cu+2]. The van der Waals surface area contributed by atoms with E-state index in [0.29, 0.717) is 6.26 Å². The summed E-state index contributed by atoms with van der Waals surface area (Å²) in [5.41, 5.74) is 0. The van der Waals surface area contributed by atoms with Gasteiger partial charge in [-0.3, -0.25) is 0 Å². The molecule has 6 heavy (non-hydrogen) atoms. The number of hydrogen-bond donors (Lipinski definition) is 0. The molecular weight excluding hydrogens is 156 g/mol. The maximum atomic E-state index is 9.08. The van der Waals surface area contributed by atoms with E-state index < -0.39 is 10.1 Å². The van der Waals surface area contributed by atoms with E-state index in [1.165, 1.54) is 0 Å². The molecule has 0 atom stereocenters. The standard InChI is InChI=1S/CH4O3S.Cu/c1-5(2,3)4;/h1H3,(H,2,3,4);/q;+2/p-1. The Morgan fingerprint density at radius 1 is 1.50 bits per heavy atom. The zero-order valence-electron chi connectivity index (χ0n) is 2.93. The van der Waals surface area contributed by atoms with Crippen molar-refractivity contribution in [2.24, 2.45) is 0 Å². The van der Waals surface area contributed by atoms with E-state index >= 15 is 0 Å². The minimum atomic E-state index is -3.92. The van der Waals surface area contributed by atoms with Crippen molar-refractivity contribution < 1.29 is 30.0 Å². The Balaban J connectivity index is 0. The van der Waals surface area contributed by atoms with E-state index in [1.807, 2.05) is 0 Å². The van der Waals surface area contributed by atoms with E-state index in [0.717, 1.165) is 0 Å².